The number of nitrogens with zero attached hydrogens (tertiary/aromatic N) is 2. The summed E-state index contributed by atoms with van der Waals surface area (Å²) in [6.45, 7) is 4.71. The van der Waals surface area contributed by atoms with Gasteiger partial charge in [0, 0.05) is 38.7 Å². The Hall–Kier alpha value is -3.35. The Kier molecular flexibility index (Phi) is 5.93. The van der Waals surface area contributed by atoms with Crippen LogP contribution in [-0.2, 0) is 29.2 Å². The molecular formula is C21H24N4O3. The van der Waals surface area contributed by atoms with Gasteiger partial charge in [-0.1, -0.05) is 24.3 Å². The topological polar surface area (TPSA) is 85.1 Å². The van der Waals surface area contributed by atoms with E-state index in [9.17, 15) is 14.4 Å². The maximum absolute atomic E-state index is 12.6. The van der Waals surface area contributed by atoms with Crippen LogP contribution in [0, 0.1) is 0 Å². The zero-order chi connectivity index (χ0) is 20.1. The first-order valence-electron chi connectivity index (χ1n) is 9.31. The van der Waals surface area contributed by atoms with Crippen molar-refractivity contribution in [2.45, 2.75) is 39.9 Å². The third-order valence-corrected chi connectivity index (χ3v) is 4.57. The smallest absolute Gasteiger partial charge is 0.329 e. The molecule has 3 rings (SSSR count). The van der Waals surface area contributed by atoms with E-state index < -0.39 is 0 Å². The molecule has 2 N–H and O–H groups in total. The number of para-hydroxylation sites is 2. The van der Waals surface area contributed by atoms with E-state index in [2.05, 4.69) is 10.6 Å². The molecule has 7 nitrogen and oxygen atoms in total. The minimum Gasteiger partial charge on any atom is -0.352 e. The van der Waals surface area contributed by atoms with E-state index in [0.717, 1.165) is 16.6 Å². The molecule has 1 aromatic heterocycles. The number of anilines is 1. The summed E-state index contributed by atoms with van der Waals surface area (Å²) in [4.78, 5) is 35.9. The van der Waals surface area contributed by atoms with Crippen molar-refractivity contribution in [3.8, 4) is 0 Å². The minimum absolute atomic E-state index is 0.0925. The number of aromatic nitrogens is 2. The fourth-order valence-corrected chi connectivity index (χ4v) is 3.21. The second-order valence-corrected chi connectivity index (χ2v) is 6.57. The molecule has 0 bridgehead atoms. The van der Waals surface area contributed by atoms with Crippen molar-refractivity contribution in [1.82, 2.24) is 14.5 Å². The number of benzene rings is 2. The van der Waals surface area contributed by atoms with Crippen LogP contribution in [0.25, 0.3) is 11.0 Å². The van der Waals surface area contributed by atoms with Crippen LogP contribution in [0.5, 0.6) is 0 Å². The van der Waals surface area contributed by atoms with Gasteiger partial charge < -0.3 is 10.6 Å². The molecule has 3 aromatic rings. The van der Waals surface area contributed by atoms with Gasteiger partial charge in [0.15, 0.2) is 0 Å². The van der Waals surface area contributed by atoms with Crippen LogP contribution in [0.3, 0.4) is 0 Å². The Labute approximate surface area is 163 Å². The summed E-state index contributed by atoms with van der Waals surface area (Å²) >= 11 is 0. The monoisotopic (exact) mass is 380 g/mol. The van der Waals surface area contributed by atoms with Crippen LogP contribution in [0.4, 0.5) is 5.69 Å². The Bertz CT molecular complexity index is 1050. The lowest BCUT2D eigenvalue weighted by molar-refractivity contribution is -0.121. The maximum Gasteiger partial charge on any atom is 0.329 e. The zero-order valence-electron chi connectivity index (χ0n) is 16.1. The molecule has 146 valence electrons. The van der Waals surface area contributed by atoms with Gasteiger partial charge in [0.2, 0.25) is 11.8 Å². The lowest BCUT2D eigenvalue weighted by Crippen LogP contribution is -2.28. The number of hydrogen-bond donors (Lipinski definition) is 2. The van der Waals surface area contributed by atoms with Crippen molar-refractivity contribution in [2.75, 3.05) is 5.32 Å². The van der Waals surface area contributed by atoms with Crippen molar-refractivity contribution in [2.24, 2.45) is 0 Å². The SMILES string of the molecule is CCn1c(=O)n(CCC(=O)NCc2ccc(NC(C)=O)cc2)c2ccccc21. The largest absolute Gasteiger partial charge is 0.352 e. The van der Waals surface area contributed by atoms with E-state index in [1.54, 1.807) is 21.3 Å². The number of fused-ring (bicyclic) bond motifs is 1. The molecule has 0 atom stereocenters. The highest BCUT2D eigenvalue weighted by Crippen LogP contribution is 2.13. The second-order valence-electron chi connectivity index (χ2n) is 6.57. The van der Waals surface area contributed by atoms with E-state index in [4.69, 9.17) is 0 Å². The quantitative estimate of drug-likeness (QED) is 0.660. The number of amides is 2. The van der Waals surface area contributed by atoms with E-state index in [1.165, 1.54) is 6.92 Å². The molecule has 0 saturated carbocycles. The van der Waals surface area contributed by atoms with E-state index >= 15 is 0 Å². The Balaban J connectivity index is 1.59. The van der Waals surface area contributed by atoms with Crippen molar-refractivity contribution >= 4 is 28.5 Å². The molecule has 0 aliphatic heterocycles. The minimum atomic E-state index is -0.124. The molecule has 2 aromatic carbocycles. The lowest BCUT2D eigenvalue weighted by Gasteiger charge is -2.08. The van der Waals surface area contributed by atoms with E-state index in [1.807, 2.05) is 43.3 Å². The summed E-state index contributed by atoms with van der Waals surface area (Å²) in [6, 6.07) is 14.9. The molecule has 28 heavy (non-hydrogen) atoms. The normalized spacial score (nSPS) is 10.8. The molecular weight excluding hydrogens is 356 g/mol. The first kappa shape index (κ1) is 19.4. The molecule has 7 heteroatoms. The standard InChI is InChI=1S/C21H24N4O3/c1-3-24-18-6-4-5-7-19(18)25(21(24)28)13-12-20(27)22-14-16-8-10-17(11-9-16)23-15(2)26/h4-11H,3,12-14H2,1-2H3,(H,22,27)(H,23,26). The van der Waals surface area contributed by atoms with Gasteiger partial charge in [0.25, 0.3) is 0 Å². The van der Waals surface area contributed by atoms with Gasteiger partial charge in [-0.2, -0.15) is 0 Å². The number of nitrogens with one attached hydrogen (secondary N) is 2. The zero-order valence-corrected chi connectivity index (χ0v) is 16.1. The molecule has 1 heterocycles. The highest BCUT2D eigenvalue weighted by atomic mass is 16.2. The number of aryl methyl sites for hydroxylation is 2. The summed E-state index contributed by atoms with van der Waals surface area (Å²) in [5, 5.41) is 5.57. The van der Waals surface area contributed by atoms with Crippen molar-refractivity contribution in [3.63, 3.8) is 0 Å². The van der Waals surface area contributed by atoms with Crippen molar-refractivity contribution in [3.05, 3.63) is 64.6 Å². The number of carbonyl (C=O) groups excluding carboxylic acids is 2. The summed E-state index contributed by atoms with van der Waals surface area (Å²) in [7, 11) is 0. The van der Waals surface area contributed by atoms with E-state index in [-0.39, 0.29) is 23.9 Å². The summed E-state index contributed by atoms with van der Waals surface area (Å²) in [6.07, 6.45) is 0.224. The second kappa shape index (κ2) is 8.56. The van der Waals surface area contributed by atoms with Gasteiger partial charge in [-0.25, -0.2) is 4.79 Å². The van der Waals surface area contributed by atoms with Crippen LogP contribution in [0.1, 0.15) is 25.8 Å². The van der Waals surface area contributed by atoms with E-state index in [0.29, 0.717) is 25.3 Å². The molecule has 0 aliphatic carbocycles. The third-order valence-electron chi connectivity index (χ3n) is 4.57. The number of hydrogen-bond acceptors (Lipinski definition) is 3. The van der Waals surface area contributed by atoms with Crippen molar-refractivity contribution in [1.29, 1.82) is 0 Å². The van der Waals surface area contributed by atoms with Gasteiger partial charge in [-0.3, -0.25) is 18.7 Å². The summed E-state index contributed by atoms with van der Waals surface area (Å²) in [5.74, 6) is -0.244. The van der Waals surface area contributed by atoms with Gasteiger partial charge in [-0.05, 0) is 36.8 Å². The number of imidazole rings is 1. The highest BCUT2D eigenvalue weighted by molar-refractivity contribution is 5.88. The van der Waals surface area contributed by atoms with Crippen LogP contribution >= 0.6 is 0 Å². The third kappa shape index (κ3) is 4.31. The molecule has 0 unspecified atom stereocenters. The number of rotatable bonds is 7. The molecule has 0 saturated heterocycles. The van der Waals surface area contributed by atoms with Crippen LogP contribution in [-0.4, -0.2) is 20.9 Å². The predicted molar refractivity (Wildman–Crippen MR) is 109 cm³/mol. The van der Waals surface area contributed by atoms with Crippen molar-refractivity contribution < 1.29 is 9.59 Å². The van der Waals surface area contributed by atoms with Crippen LogP contribution in [0.15, 0.2) is 53.3 Å². The Morgan fingerprint density at radius 3 is 2.21 bits per heavy atom. The van der Waals surface area contributed by atoms with Gasteiger partial charge in [0.1, 0.15) is 0 Å². The van der Waals surface area contributed by atoms with Gasteiger partial charge in [0.05, 0.1) is 11.0 Å². The lowest BCUT2D eigenvalue weighted by atomic mass is 10.2. The first-order valence-corrected chi connectivity index (χ1v) is 9.31. The summed E-state index contributed by atoms with van der Waals surface area (Å²) in [5.41, 5.74) is 3.28. The fourth-order valence-electron chi connectivity index (χ4n) is 3.21. The fraction of sp³-hybridized carbons (Fsp3) is 0.286. The van der Waals surface area contributed by atoms with Gasteiger partial charge in [-0.15, -0.1) is 0 Å². The molecule has 0 aliphatic rings. The number of carbonyl (C=O) groups is 2. The summed E-state index contributed by atoms with van der Waals surface area (Å²) < 4.78 is 3.37. The first-order chi connectivity index (χ1) is 13.5. The van der Waals surface area contributed by atoms with Crippen LogP contribution < -0.4 is 16.3 Å². The van der Waals surface area contributed by atoms with Gasteiger partial charge >= 0.3 is 5.69 Å². The molecule has 2 amide bonds. The Morgan fingerprint density at radius 1 is 0.964 bits per heavy atom. The predicted octanol–water partition coefficient (Wildman–Crippen LogP) is 2.49. The average molecular weight is 380 g/mol. The average Bonchev–Trinajstić information content (AvgIpc) is 2.96. The molecule has 0 radical (unpaired) electrons. The Morgan fingerprint density at radius 2 is 1.61 bits per heavy atom. The maximum atomic E-state index is 12.6. The van der Waals surface area contributed by atoms with Crippen LogP contribution in [0.2, 0.25) is 0 Å². The highest BCUT2D eigenvalue weighted by Gasteiger charge is 2.12. The molecule has 0 fully saturated rings. The molecule has 0 spiro atoms.